The van der Waals surface area contributed by atoms with Gasteiger partial charge in [0.2, 0.25) is 0 Å². The Morgan fingerprint density at radius 1 is 1.27 bits per heavy atom. The van der Waals surface area contributed by atoms with Gasteiger partial charge in [0.1, 0.15) is 12.4 Å². The van der Waals surface area contributed by atoms with E-state index in [1.807, 2.05) is 12.1 Å². The van der Waals surface area contributed by atoms with E-state index in [1.165, 1.54) is 12.1 Å². The molecular formula is C19H20FN3O2S. The summed E-state index contributed by atoms with van der Waals surface area (Å²) < 4.78 is 24.2. The third kappa shape index (κ3) is 5.86. The SMILES string of the molecule is C=CCNC(=S)NN=Cc1cccc(OC)c1OCc1ccc(F)cc1. The lowest BCUT2D eigenvalue weighted by molar-refractivity contribution is 0.284. The highest BCUT2D eigenvalue weighted by atomic mass is 32.1. The van der Waals surface area contributed by atoms with E-state index in [-0.39, 0.29) is 12.4 Å². The number of ether oxygens (including phenoxy) is 2. The van der Waals surface area contributed by atoms with Crippen LogP contribution in [0.25, 0.3) is 0 Å². The minimum Gasteiger partial charge on any atom is -0.493 e. The zero-order valence-electron chi connectivity index (χ0n) is 14.4. The standard InChI is InChI=1S/C19H20FN3O2S/c1-3-11-21-19(26)23-22-12-15-5-4-6-17(24-2)18(15)25-13-14-7-9-16(20)10-8-14/h3-10,12H,1,11,13H2,2H3,(H2,21,23,26). The van der Waals surface area contributed by atoms with Crippen LogP contribution in [-0.4, -0.2) is 25.0 Å². The van der Waals surface area contributed by atoms with E-state index in [2.05, 4.69) is 22.4 Å². The molecule has 2 N–H and O–H groups in total. The maximum absolute atomic E-state index is 13.0. The van der Waals surface area contributed by atoms with Gasteiger partial charge in [0, 0.05) is 12.1 Å². The monoisotopic (exact) mass is 373 g/mol. The largest absolute Gasteiger partial charge is 0.493 e. The maximum Gasteiger partial charge on any atom is 0.187 e. The summed E-state index contributed by atoms with van der Waals surface area (Å²) >= 11 is 5.07. The summed E-state index contributed by atoms with van der Waals surface area (Å²) in [5.74, 6) is 0.823. The van der Waals surface area contributed by atoms with E-state index in [9.17, 15) is 4.39 Å². The Kier molecular flexibility index (Phi) is 7.57. The highest BCUT2D eigenvalue weighted by Gasteiger charge is 2.10. The number of hydrazone groups is 1. The van der Waals surface area contributed by atoms with Gasteiger partial charge in [0.15, 0.2) is 16.6 Å². The van der Waals surface area contributed by atoms with Crippen LogP contribution < -0.4 is 20.2 Å². The van der Waals surface area contributed by atoms with Crippen LogP contribution in [0, 0.1) is 5.82 Å². The van der Waals surface area contributed by atoms with Crippen molar-refractivity contribution in [2.24, 2.45) is 5.10 Å². The highest BCUT2D eigenvalue weighted by molar-refractivity contribution is 7.80. The van der Waals surface area contributed by atoms with Crippen molar-refractivity contribution in [3.05, 3.63) is 72.1 Å². The number of halogens is 1. The van der Waals surface area contributed by atoms with Gasteiger partial charge in [-0.2, -0.15) is 5.10 Å². The van der Waals surface area contributed by atoms with Crippen molar-refractivity contribution < 1.29 is 13.9 Å². The zero-order valence-corrected chi connectivity index (χ0v) is 15.2. The van der Waals surface area contributed by atoms with Crippen molar-refractivity contribution in [1.82, 2.24) is 10.7 Å². The number of rotatable bonds is 8. The molecule has 0 unspecified atom stereocenters. The van der Waals surface area contributed by atoms with Gasteiger partial charge >= 0.3 is 0 Å². The molecule has 0 bridgehead atoms. The summed E-state index contributed by atoms with van der Waals surface area (Å²) in [5, 5.41) is 7.39. The minimum atomic E-state index is -0.286. The Balaban J connectivity index is 2.09. The molecule has 2 rings (SSSR count). The molecule has 26 heavy (non-hydrogen) atoms. The Morgan fingerprint density at radius 3 is 2.73 bits per heavy atom. The third-order valence-electron chi connectivity index (χ3n) is 3.30. The van der Waals surface area contributed by atoms with Gasteiger partial charge in [0.05, 0.1) is 13.3 Å². The number of nitrogens with one attached hydrogen (secondary N) is 2. The van der Waals surface area contributed by atoms with E-state index in [4.69, 9.17) is 21.7 Å². The fourth-order valence-electron chi connectivity index (χ4n) is 2.05. The van der Waals surface area contributed by atoms with Crippen LogP contribution in [0.2, 0.25) is 0 Å². The number of para-hydroxylation sites is 1. The molecule has 0 aliphatic heterocycles. The van der Waals surface area contributed by atoms with Gasteiger partial charge in [-0.15, -0.1) is 6.58 Å². The molecule has 0 heterocycles. The van der Waals surface area contributed by atoms with Crippen molar-refractivity contribution >= 4 is 23.5 Å². The van der Waals surface area contributed by atoms with Crippen LogP contribution in [0.1, 0.15) is 11.1 Å². The van der Waals surface area contributed by atoms with Gasteiger partial charge in [0.25, 0.3) is 0 Å². The predicted molar refractivity (Wildman–Crippen MR) is 105 cm³/mol. The molecule has 0 fully saturated rings. The molecule has 0 spiro atoms. The van der Waals surface area contributed by atoms with Gasteiger partial charge in [-0.05, 0) is 42.0 Å². The molecule has 7 heteroatoms. The van der Waals surface area contributed by atoms with Crippen LogP contribution in [0.15, 0.2) is 60.2 Å². The fourth-order valence-corrected chi connectivity index (χ4v) is 2.19. The molecule has 0 aliphatic carbocycles. The van der Waals surface area contributed by atoms with Crippen molar-refractivity contribution in [2.75, 3.05) is 13.7 Å². The summed E-state index contributed by atoms with van der Waals surface area (Å²) in [4.78, 5) is 0. The van der Waals surface area contributed by atoms with Gasteiger partial charge in [-0.25, -0.2) is 4.39 Å². The second kappa shape index (κ2) is 10.1. The first kappa shape index (κ1) is 19.4. The van der Waals surface area contributed by atoms with Crippen LogP contribution >= 0.6 is 12.2 Å². The van der Waals surface area contributed by atoms with E-state index < -0.39 is 0 Å². The van der Waals surface area contributed by atoms with Crippen LogP contribution in [0.4, 0.5) is 4.39 Å². The normalized spacial score (nSPS) is 10.4. The summed E-state index contributed by atoms with van der Waals surface area (Å²) in [7, 11) is 1.56. The number of nitrogens with zero attached hydrogens (tertiary/aromatic N) is 1. The lowest BCUT2D eigenvalue weighted by Crippen LogP contribution is -2.31. The smallest absolute Gasteiger partial charge is 0.187 e. The number of hydrogen-bond acceptors (Lipinski definition) is 4. The molecular weight excluding hydrogens is 353 g/mol. The molecule has 0 amide bonds. The van der Waals surface area contributed by atoms with E-state index >= 15 is 0 Å². The minimum absolute atomic E-state index is 0.272. The molecule has 0 saturated heterocycles. The Hall–Kier alpha value is -2.93. The van der Waals surface area contributed by atoms with Crippen LogP contribution in [0.3, 0.4) is 0 Å². The third-order valence-corrected chi connectivity index (χ3v) is 3.54. The van der Waals surface area contributed by atoms with Gasteiger partial charge in [-0.1, -0.05) is 24.3 Å². The molecule has 2 aromatic carbocycles. The first-order chi connectivity index (χ1) is 12.6. The summed E-state index contributed by atoms with van der Waals surface area (Å²) in [6.45, 7) is 4.42. The summed E-state index contributed by atoms with van der Waals surface area (Å²) in [5.41, 5.74) is 4.27. The summed E-state index contributed by atoms with van der Waals surface area (Å²) in [6, 6.07) is 11.6. The highest BCUT2D eigenvalue weighted by Crippen LogP contribution is 2.30. The lowest BCUT2D eigenvalue weighted by Gasteiger charge is -2.13. The first-order valence-corrected chi connectivity index (χ1v) is 8.27. The van der Waals surface area contributed by atoms with Crippen molar-refractivity contribution in [1.29, 1.82) is 0 Å². The summed E-state index contributed by atoms with van der Waals surface area (Å²) in [6.07, 6.45) is 3.28. The Bertz CT molecular complexity index is 779. The lowest BCUT2D eigenvalue weighted by atomic mass is 10.2. The van der Waals surface area contributed by atoms with Crippen molar-refractivity contribution in [2.45, 2.75) is 6.61 Å². The predicted octanol–water partition coefficient (Wildman–Crippen LogP) is 3.40. The molecule has 0 radical (unpaired) electrons. The molecule has 0 atom stereocenters. The fraction of sp³-hybridized carbons (Fsp3) is 0.158. The molecule has 0 saturated carbocycles. The van der Waals surface area contributed by atoms with E-state index in [0.29, 0.717) is 28.7 Å². The number of methoxy groups -OCH3 is 1. The molecule has 0 aromatic heterocycles. The second-order valence-electron chi connectivity index (χ2n) is 5.16. The first-order valence-electron chi connectivity index (χ1n) is 7.86. The topological polar surface area (TPSA) is 54.9 Å². The van der Waals surface area contributed by atoms with E-state index in [1.54, 1.807) is 37.6 Å². The molecule has 2 aromatic rings. The van der Waals surface area contributed by atoms with E-state index in [0.717, 1.165) is 5.56 Å². The van der Waals surface area contributed by atoms with Gasteiger partial charge in [-0.3, -0.25) is 5.43 Å². The average molecular weight is 373 g/mol. The number of benzene rings is 2. The van der Waals surface area contributed by atoms with Crippen molar-refractivity contribution in [3.8, 4) is 11.5 Å². The number of hydrogen-bond donors (Lipinski definition) is 2. The molecule has 136 valence electrons. The van der Waals surface area contributed by atoms with Gasteiger partial charge < -0.3 is 14.8 Å². The average Bonchev–Trinajstić information content (AvgIpc) is 2.66. The second-order valence-corrected chi connectivity index (χ2v) is 5.57. The van der Waals surface area contributed by atoms with Crippen molar-refractivity contribution in [3.63, 3.8) is 0 Å². The Labute approximate surface area is 157 Å². The maximum atomic E-state index is 13.0. The quantitative estimate of drug-likeness (QED) is 0.321. The van der Waals surface area contributed by atoms with Crippen LogP contribution in [0.5, 0.6) is 11.5 Å². The van der Waals surface area contributed by atoms with Crippen LogP contribution in [-0.2, 0) is 6.61 Å². The number of thiocarbonyl (C=S) groups is 1. The zero-order chi connectivity index (χ0) is 18.8. The molecule has 5 nitrogen and oxygen atoms in total. The molecule has 0 aliphatic rings. The Morgan fingerprint density at radius 2 is 2.04 bits per heavy atom.